The zero-order valence-corrected chi connectivity index (χ0v) is 11.5. The largest absolute Gasteiger partial charge is 0.363 e. The van der Waals surface area contributed by atoms with Crippen LogP contribution in [0.25, 0.3) is 0 Å². The van der Waals surface area contributed by atoms with Crippen LogP contribution in [-0.4, -0.2) is 21.5 Å². The summed E-state index contributed by atoms with van der Waals surface area (Å²) >= 11 is 5.79. The summed E-state index contributed by atoms with van der Waals surface area (Å²) in [4.78, 5) is 16.2. The van der Waals surface area contributed by atoms with E-state index in [1.54, 1.807) is 17.0 Å². The summed E-state index contributed by atoms with van der Waals surface area (Å²) < 4.78 is 1.66. The van der Waals surface area contributed by atoms with E-state index >= 15 is 0 Å². The molecule has 0 aromatic carbocycles. The second-order valence-electron chi connectivity index (χ2n) is 4.65. The highest BCUT2D eigenvalue weighted by molar-refractivity contribution is 6.18. The molecule has 0 aliphatic rings. The maximum Gasteiger partial charge on any atom is 0.293 e. The van der Waals surface area contributed by atoms with Crippen molar-refractivity contribution >= 4 is 17.4 Å². The molecule has 4 nitrogen and oxygen atoms in total. The van der Waals surface area contributed by atoms with Crippen LogP contribution in [0.15, 0.2) is 17.2 Å². The molecule has 0 amide bonds. The van der Waals surface area contributed by atoms with Gasteiger partial charge in [0.1, 0.15) is 0 Å². The minimum absolute atomic E-state index is 0.0869. The first-order chi connectivity index (χ1) is 7.97. The van der Waals surface area contributed by atoms with Crippen LogP contribution in [-0.2, 0) is 0 Å². The van der Waals surface area contributed by atoms with Gasteiger partial charge in [-0.05, 0) is 26.7 Å². The van der Waals surface area contributed by atoms with E-state index in [-0.39, 0.29) is 23.6 Å². The number of alkyl halides is 1. The lowest BCUT2D eigenvalue weighted by molar-refractivity contribution is 0.552. The van der Waals surface area contributed by atoms with E-state index in [9.17, 15) is 4.79 Å². The lowest BCUT2D eigenvalue weighted by Gasteiger charge is -2.20. The van der Waals surface area contributed by atoms with Crippen molar-refractivity contribution in [3.8, 4) is 0 Å². The molecular formula is C12H20ClN3O. The Hall–Kier alpha value is -1.03. The van der Waals surface area contributed by atoms with Gasteiger partial charge in [0.25, 0.3) is 5.56 Å². The van der Waals surface area contributed by atoms with Gasteiger partial charge in [-0.15, -0.1) is 11.6 Å². The lowest BCUT2D eigenvalue weighted by Crippen LogP contribution is -2.32. The monoisotopic (exact) mass is 257 g/mol. The fourth-order valence-corrected chi connectivity index (χ4v) is 1.69. The first-order valence-corrected chi connectivity index (χ1v) is 6.40. The van der Waals surface area contributed by atoms with Gasteiger partial charge in [0.15, 0.2) is 5.82 Å². The van der Waals surface area contributed by atoms with Crippen LogP contribution in [0.5, 0.6) is 0 Å². The smallest absolute Gasteiger partial charge is 0.293 e. The molecule has 0 aliphatic heterocycles. The minimum atomic E-state index is -0.0869. The van der Waals surface area contributed by atoms with Crippen molar-refractivity contribution in [1.29, 1.82) is 0 Å². The van der Waals surface area contributed by atoms with Crippen molar-refractivity contribution in [3.63, 3.8) is 0 Å². The summed E-state index contributed by atoms with van der Waals surface area (Å²) in [6, 6.07) is 0.252. The minimum Gasteiger partial charge on any atom is -0.363 e. The van der Waals surface area contributed by atoms with Crippen LogP contribution in [0.2, 0.25) is 0 Å². The molecule has 0 bridgehead atoms. The SMILES string of the molecule is CC(CCl)C(C)Nc1nccn(C(C)C)c1=O. The highest BCUT2D eigenvalue weighted by Gasteiger charge is 2.14. The van der Waals surface area contributed by atoms with E-state index in [0.29, 0.717) is 11.7 Å². The topological polar surface area (TPSA) is 46.9 Å². The molecule has 2 atom stereocenters. The first-order valence-electron chi connectivity index (χ1n) is 5.87. The summed E-state index contributed by atoms with van der Waals surface area (Å²) in [5.41, 5.74) is -0.0869. The molecule has 1 aromatic rings. The van der Waals surface area contributed by atoms with Crippen LogP contribution >= 0.6 is 11.6 Å². The van der Waals surface area contributed by atoms with Crippen molar-refractivity contribution in [2.45, 2.75) is 39.8 Å². The van der Waals surface area contributed by atoms with Crippen molar-refractivity contribution in [3.05, 3.63) is 22.7 Å². The van der Waals surface area contributed by atoms with Crippen LogP contribution in [0.4, 0.5) is 5.82 Å². The predicted molar refractivity (Wildman–Crippen MR) is 71.9 cm³/mol. The lowest BCUT2D eigenvalue weighted by atomic mass is 10.1. The normalized spacial score (nSPS) is 14.7. The van der Waals surface area contributed by atoms with Gasteiger partial charge < -0.3 is 9.88 Å². The van der Waals surface area contributed by atoms with Crippen LogP contribution in [0.3, 0.4) is 0 Å². The average Bonchev–Trinajstić information content (AvgIpc) is 2.30. The van der Waals surface area contributed by atoms with Gasteiger partial charge in [0.05, 0.1) is 0 Å². The zero-order chi connectivity index (χ0) is 13.0. The summed E-state index contributed by atoms with van der Waals surface area (Å²) in [5, 5.41) is 3.13. The fourth-order valence-electron chi connectivity index (χ4n) is 1.42. The second-order valence-corrected chi connectivity index (χ2v) is 4.96. The highest BCUT2D eigenvalue weighted by atomic mass is 35.5. The van der Waals surface area contributed by atoms with Gasteiger partial charge in [-0.2, -0.15) is 0 Å². The summed E-state index contributed by atoms with van der Waals surface area (Å²) in [6.45, 7) is 7.97. The van der Waals surface area contributed by atoms with Gasteiger partial charge in [0.2, 0.25) is 0 Å². The van der Waals surface area contributed by atoms with E-state index in [4.69, 9.17) is 11.6 Å². The molecule has 1 aromatic heterocycles. The van der Waals surface area contributed by atoms with Crippen LogP contribution in [0, 0.1) is 5.92 Å². The standard InChI is InChI=1S/C12H20ClN3O/c1-8(2)16-6-5-14-11(12(16)17)15-10(4)9(3)7-13/h5-6,8-10H,7H2,1-4H3,(H,14,15). The Bertz CT molecular complexity index is 416. The molecule has 5 heteroatoms. The van der Waals surface area contributed by atoms with Gasteiger partial charge in [-0.25, -0.2) is 4.98 Å². The van der Waals surface area contributed by atoms with E-state index < -0.39 is 0 Å². The third-order valence-electron chi connectivity index (χ3n) is 2.89. The molecule has 1 N–H and O–H groups in total. The molecule has 0 fully saturated rings. The van der Waals surface area contributed by atoms with Gasteiger partial charge in [0, 0.05) is 30.4 Å². The van der Waals surface area contributed by atoms with Gasteiger partial charge in [-0.3, -0.25) is 4.79 Å². The quantitative estimate of drug-likeness (QED) is 0.825. The van der Waals surface area contributed by atoms with E-state index in [1.807, 2.05) is 27.7 Å². The average molecular weight is 258 g/mol. The molecule has 17 heavy (non-hydrogen) atoms. The third kappa shape index (κ3) is 3.46. The molecule has 0 saturated heterocycles. The molecule has 0 aliphatic carbocycles. The molecule has 0 radical (unpaired) electrons. The number of rotatable bonds is 5. The highest BCUT2D eigenvalue weighted by Crippen LogP contribution is 2.09. The summed E-state index contributed by atoms with van der Waals surface area (Å²) in [7, 11) is 0. The Balaban J connectivity index is 2.93. The Morgan fingerprint density at radius 2 is 2.06 bits per heavy atom. The van der Waals surface area contributed by atoms with Crippen molar-refractivity contribution in [1.82, 2.24) is 9.55 Å². The molecule has 0 spiro atoms. The van der Waals surface area contributed by atoms with E-state index in [2.05, 4.69) is 10.3 Å². The molecule has 2 unspecified atom stereocenters. The van der Waals surface area contributed by atoms with E-state index in [1.165, 1.54) is 0 Å². The number of aromatic nitrogens is 2. The maximum absolute atomic E-state index is 12.1. The Morgan fingerprint density at radius 1 is 1.41 bits per heavy atom. The van der Waals surface area contributed by atoms with Crippen molar-refractivity contribution in [2.75, 3.05) is 11.2 Å². The predicted octanol–water partition coefficient (Wildman–Crippen LogP) is 2.50. The number of anilines is 1. The van der Waals surface area contributed by atoms with Crippen molar-refractivity contribution in [2.24, 2.45) is 5.92 Å². The second kappa shape index (κ2) is 6.05. The van der Waals surface area contributed by atoms with Crippen LogP contribution in [0.1, 0.15) is 33.7 Å². The number of hydrogen-bond donors (Lipinski definition) is 1. The number of halogens is 1. The number of nitrogens with one attached hydrogen (secondary N) is 1. The Morgan fingerprint density at radius 3 is 2.59 bits per heavy atom. The molecule has 1 heterocycles. The first kappa shape index (κ1) is 14.0. The van der Waals surface area contributed by atoms with Gasteiger partial charge in [-0.1, -0.05) is 6.92 Å². The van der Waals surface area contributed by atoms with Crippen molar-refractivity contribution < 1.29 is 0 Å². The molecular weight excluding hydrogens is 238 g/mol. The maximum atomic E-state index is 12.1. The zero-order valence-electron chi connectivity index (χ0n) is 10.8. The fraction of sp³-hybridized carbons (Fsp3) is 0.667. The Labute approximate surface area is 107 Å². The number of nitrogens with zero attached hydrogens (tertiary/aromatic N) is 2. The third-order valence-corrected chi connectivity index (χ3v) is 3.37. The summed E-state index contributed by atoms with van der Waals surface area (Å²) in [5.74, 6) is 1.23. The van der Waals surface area contributed by atoms with E-state index in [0.717, 1.165) is 0 Å². The Kier molecular flexibility index (Phi) is 5.00. The molecule has 1 rings (SSSR count). The number of hydrogen-bond acceptors (Lipinski definition) is 3. The van der Waals surface area contributed by atoms with Crippen LogP contribution < -0.4 is 10.9 Å². The van der Waals surface area contributed by atoms with Gasteiger partial charge >= 0.3 is 0 Å². The summed E-state index contributed by atoms with van der Waals surface area (Å²) in [6.07, 6.45) is 3.34. The molecule has 96 valence electrons. The molecule has 0 saturated carbocycles.